The zero-order valence-corrected chi connectivity index (χ0v) is 10.8. The minimum atomic E-state index is -0.343. The highest BCUT2D eigenvalue weighted by atomic mass is 16.5. The van der Waals surface area contributed by atoms with Crippen LogP contribution in [0.5, 0.6) is 5.75 Å². The molecule has 0 aliphatic heterocycles. The molecule has 0 amide bonds. The van der Waals surface area contributed by atoms with Crippen LogP contribution < -0.4 is 10.4 Å². The summed E-state index contributed by atoms with van der Waals surface area (Å²) >= 11 is 0. The zero-order chi connectivity index (χ0) is 13.5. The number of unbranched alkanes of at least 4 members (excludes halogenated alkanes) is 3. The van der Waals surface area contributed by atoms with Crippen molar-refractivity contribution >= 4 is 11.0 Å². The van der Waals surface area contributed by atoms with Crippen LogP contribution in [0.4, 0.5) is 0 Å². The van der Waals surface area contributed by atoms with E-state index in [-0.39, 0.29) is 12.2 Å². The molecular weight excluding hydrogens is 244 g/mol. The Labute approximate surface area is 111 Å². The van der Waals surface area contributed by atoms with Crippen molar-refractivity contribution in [2.75, 3.05) is 13.2 Å². The van der Waals surface area contributed by atoms with Gasteiger partial charge in [-0.25, -0.2) is 4.79 Å². The predicted molar refractivity (Wildman–Crippen MR) is 73.5 cm³/mol. The summed E-state index contributed by atoms with van der Waals surface area (Å²) in [5, 5.41) is 9.52. The third-order valence-corrected chi connectivity index (χ3v) is 2.91. The number of rotatable bonds is 7. The van der Waals surface area contributed by atoms with Crippen molar-refractivity contribution in [2.45, 2.75) is 25.7 Å². The summed E-state index contributed by atoms with van der Waals surface area (Å²) in [5.41, 5.74) is 0.229. The molecule has 1 aromatic carbocycles. The van der Waals surface area contributed by atoms with Gasteiger partial charge in [-0.05, 0) is 43.5 Å². The van der Waals surface area contributed by atoms with Gasteiger partial charge in [-0.2, -0.15) is 0 Å². The minimum absolute atomic E-state index is 0.261. The Morgan fingerprint density at radius 3 is 2.74 bits per heavy atom. The number of fused-ring (bicyclic) bond motifs is 1. The molecule has 2 rings (SSSR count). The molecule has 2 aromatic rings. The molecule has 4 nitrogen and oxygen atoms in total. The summed E-state index contributed by atoms with van der Waals surface area (Å²) in [6, 6.07) is 8.55. The molecule has 0 saturated heterocycles. The normalized spacial score (nSPS) is 10.8. The second-order valence-electron chi connectivity index (χ2n) is 4.44. The molecular formula is C15H18O4. The van der Waals surface area contributed by atoms with Crippen LogP contribution in [0.1, 0.15) is 25.7 Å². The Balaban J connectivity index is 1.87. The topological polar surface area (TPSA) is 59.7 Å². The molecule has 0 saturated carbocycles. The van der Waals surface area contributed by atoms with E-state index >= 15 is 0 Å². The van der Waals surface area contributed by atoms with Crippen molar-refractivity contribution in [3.8, 4) is 5.75 Å². The molecule has 0 unspecified atom stereocenters. The van der Waals surface area contributed by atoms with E-state index in [1.54, 1.807) is 18.2 Å². The zero-order valence-electron chi connectivity index (χ0n) is 10.8. The lowest BCUT2D eigenvalue weighted by Crippen LogP contribution is -1.98. The molecule has 0 bridgehead atoms. The number of benzene rings is 1. The highest BCUT2D eigenvalue weighted by molar-refractivity contribution is 5.77. The maximum Gasteiger partial charge on any atom is 0.336 e. The van der Waals surface area contributed by atoms with Gasteiger partial charge in [0.2, 0.25) is 0 Å². The average Bonchev–Trinajstić information content (AvgIpc) is 2.43. The number of hydrogen-bond donors (Lipinski definition) is 1. The largest absolute Gasteiger partial charge is 0.494 e. The fourth-order valence-electron chi connectivity index (χ4n) is 1.90. The van der Waals surface area contributed by atoms with Crippen LogP contribution in [0.15, 0.2) is 39.5 Å². The Hall–Kier alpha value is -1.81. The first-order valence-electron chi connectivity index (χ1n) is 6.57. The summed E-state index contributed by atoms with van der Waals surface area (Å²) < 4.78 is 10.7. The van der Waals surface area contributed by atoms with Crippen LogP contribution in [0.3, 0.4) is 0 Å². The SMILES string of the molecule is O=c1ccc2cc(OCCCCCCO)ccc2o1. The number of aliphatic hydroxyl groups excluding tert-OH is 1. The first kappa shape index (κ1) is 13.6. The van der Waals surface area contributed by atoms with Crippen molar-refractivity contribution in [3.05, 3.63) is 40.8 Å². The quantitative estimate of drug-likeness (QED) is 0.615. The lowest BCUT2D eigenvalue weighted by atomic mass is 10.2. The molecule has 0 radical (unpaired) electrons. The maximum atomic E-state index is 11.0. The van der Waals surface area contributed by atoms with Gasteiger partial charge in [-0.1, -0.05) is 6.42 Å². The van der Waals surface area contributed by atoms with Gasteiger partial charge in [0.05, 0.1) is 6.61 Å². The standard InChI is InChI=1S/C15H18O4/c16-9-3-1-2-4-10-18-13-6-7-14-12(11-13)5-8-15(17)19-14/h5-8,11,16H,1-4,9-10H2. The summed E-state index contributed by atoms with van der Waals surface area (Å²) in [6.45, 7) is 0.921. The molecule has 102 valence electrons. The van der Waals surface area contributed by atoms with Gasteiger partial charge in [-0.15, -0.1) is 0 Å². The van der Waals surface area contributed by atoms with Gasteiger partial charge in [-0.3, -0.25) is 0 Å². The van der Waals surface area contributed by atoms with E-state index in [1.165, 1.54) is 6.07 Å². The summed E-state index contributed by atoms with van der Waals surface area (Å²) in [7, 11) is 0. The monoisotopic (exact) mass is 262 g/mol. The number of hydrogen-bond acceptors (Lipinski definition) is 4. The molecule has 0 fully saturated rings. The van der Waals surface area contributed by atoms with Crippen LogP contribution in [-0.2, 0) is 0 Å². The van der Waals surface area contributed by atoms with Crippen molar-refractivity contribution < 1.29 is 14.3 Å². The van der Waals surface area contributed by atoms with Gasteiger partial charge in [0.1, 0.15) is 11.3 Å². The predicted octanol–water partition coefficient (Wildman–Crippen LogP) is 2.72. The van der Waals surface area contributed by atoms with Crippen molar-refractivity contribution in [1.82, 2.24) is 0 Å². The molecule has 19 heavy (non-hydrogen) atoms. The molecule has 1 heterocycles. The number of ether oxygens (including phenoxy) is 1. The fraction of sp³-hybridized carbons (Fsp3) is 0.400. The van der Waals surface area contributed by atoms with E-state index in [9.17, 15) is 4.79 Å². The van der Waals surface area contributed by atoms with Gasteiger partial charge < -0.3 is 14.3 Å². The van der Waals surface area contributed by atoms with Crippen molar-refractivity contribution in [3.63, 3.8) is 0 Å². The maximum absolute atomic E-state index is 11.0. The molecule has 1 aromatic heterocycles. The van der Waals surface area contributed by atoms with Crippen LogP contribution in [0, 0.1) is 0 Å². The third kappa shape index (κ3) is 4.10. The molecule has 0 aliphatic rings. The van der Waals surface area contributed by atoms with Gasteiger partial charge in [0.25, 0.3) is 0 Å². The second-order valence-corrected chi connectivity index (χ2v) is 4.44. The van der Waals surface area contributed by atoms with E-state index in [4.69, 9.17) is 14.3 Å². The lowest BCUT2D eigenvalue weighted by molar-refractivity contribution is 0.273. The Morgan fingerprint density at radius 2 is 1.89 bits per heavy atom. The molecule has 0 spiro atoms. The van der Waals surface area contributed by atoms with E-state index in [2.05, 4.69) is 0 Å². The van der Waals surface area contributed by atoms with Gasteiger partial charge >= 0.3 is 5.63 Å². The Morgan fingerprint density at radius 1 is 1.05 bits per heavy atom. The smallest absolute Gasteiger partial charge is 0.336 e. The summed E-state index contributed by atoms with van der Waals surface area (Å²) in [5.74, 6) is 0.781. The third-order valence-electron chi connectivity index (χ3n) is 2.91. The second kappa shape index (κ2) is 6.95. The first-order valence-corrected chi connectivity index (χ1v) is 6.57. The van der Waals surface area contributed by atoms with E-state index in [0.717, 1.165) is 36.8 Å². The summed E-state index contributed by atoms with van der Waals surface area (Å²) in [4.78, 5) is 11.0. The first-order chi connectivity index (χ1) is 9.29. The van der Waals surface area contributed by atoms with E-state index in [0.29, 0.717) is 12.2 Å². The van der Waals surface area contributed by atoms with Crippen LogP contribution in [0.2, 0.25) is 0 Å². The van der Waals surface area contributed by atoms with Crippen molar-refractivity contribution in [1.29, 1.82) is 0 Å². The van der Waals surface area contributed by atoms with Crippen LogP contribution in [-0.4, -0.2) is 18.3 Å². The van der Waals surface area contributed by atoms with E-state index in [1.807, 2.05) is 6.07 Å². The molecule has 1 N–H and O–H groups in total. The fourth-order valence-corrected chi connectivity index (χ4v) is 1.90. The summed E-state index contributed by atoms with van der Waals surface area (Å²) in [6.07, 6.45) is 3.92. The molecule has 4 heteroatoms. The Kier molecular flexibility index (Phi) is 4.98. The van der Waals surface area contributed by atoms with Crippen LogP contribution >= 0.6 is 0 Å². The molecule has 0 aliphatic carbocycles. The lowest BCUT2D eigenvalue weighted by Gasteiger charge is -2.06. The molecule has 0 atom stereocenters. The Bertz CT molecular complexity index is 574. The van der Waals surface area contributed by atoms with Gasteiger partial charge in [0, 0.05) is 18.1 Å². The van der Waals surface area contributed by atoms with Crippen molar-refractivity contribution in [2.24, 2.45) is 0 Å². The average molecular weight is 262 g/mol. The highest BCUT2D eigenvalue weighted by Gasteiger charge is 2.00. The highest BCUT2D eigenvalue weighted by Crippen LogP contribution is 2.19. The van der Waals surface area contributed by atoms with E-state index < -0.39 is 0 Å². The van der Waals surface area contributed by atoms with Gasteiger partial charge in [0.15, 0.2) is 0 Å². The number of aliphatic hydroxyl groups is 1. The minimum Gasteiger partial charge on any atom is -0.494 e. The van der Waals surface area contributed by atoms with Crippen LogP contribution in [0.25, 0.3) is 11.0 Å².